The molecule has 6 heteroatoms. The van der Waals surface area contributed by atoms with Crippen molar-refractivity contribution in [3.05, 3.63) is 28.8 Å². The second-order valence-electron chi connectivity index (χ2n) is 5.43. The Kier molecular flexibility index (Phi) is 4.42. The van der Waals surface area contributed by atoms with Gasteiger partial charge >= 0.3 is 5.97 Å². The van der Waals surface area contributed by atoms with Gasteiger partial charge in [0.05, 0.1) is 16.0 Å². The van der Waals surface area contributed by atoms with E-state index < -0.39 is 11.4 Å². The van der Waals surface area contributed by atoms with Gasteiger partial charge in [0.25, 0.3) is 5.91 Å². The minimum absolute atomic E-state index is 0.0419. The van der Waals surface area contributed by atoms with Crippen LogP contribution in [0.1, 0.15) is 36.5 Å². The van der Waals surface area contributed by atoms with Crippen LogP contribution in [-0.4, -0.2) is 40.1 Å². The standard InChI is InChI=1S/C15H18ClNO4/c1-2-15(14(20)21)6-3-7-17(9-15)13(19)11-8-10(18)4-5-12(11)16/h4-5,8,18H,2-3,6-7,9H2,1H3,(H,20,21). The van der Waals surface area contributed by atoms with Crippen LogP contribution in [0.25, 0.3) is 0 Å². The number of carbonyl (C=O) groups is 2. The highest BCUT2D eigenvalue weighted by atomic mass is 35.5. The summed E-state index contributed by atoms with van der Waals surface area (Å²) in [5.41, 5.74) is -0.689. The van der Waals surface area contributed by atoms with Crippen LogP contribution in [0, 0.1) is 5.41 Å². The van der Waals surface area contributed by atoms with E-state index in [4.69, 9.17) is 11.6 Å². The van der Waals surface area contributed by atoms with Crippen molar-refractivity contribution in [2.45, 2.75) is 26.2 Å². The lowest BCUT2D eigenvalue weighted by Gasteiger charge is -2.39. The fourth-order valence-electron chi connectivity index (χ4n) is 2.77. The Morgan fingerprint density at radius 2 is 2.14 bits per heavy atom. The normalized spacial score (nSPS) is 22.1. The maximum atomic E-state index is 12.5. The summed E-state index contributed by atoms with van der Waals surface area (Å²) >= 11 is 6.00. The minimum Gasteiger partial charge on any atom is -0.508 e. The van der Waals surface area contributed by atoms with E-state index in [1.807, 2.05) is 6.92 Å². The summed E-state index contributed by atoms with van der Waals surface area (Å²) < 4.78 is 0. The van der Waals surface area contributed by atoms with Gasteiger partial charge < -0.3 is 15.1 Å². The van der Waals surface area contributed by atoms with E-state index in [9.17, 15) is 19.8 Å². The molecule has 114 valence electrons. The minimum atomic E-state index is -0.892. The molecular formula is C15H18ClNO4. The lowest BCUT2D eigenvalue weighted by Crippen LogP contribution is -2.49. The smallest absolute Gasteiger partial charge is 0.311 e. The molecule has 1 heterocycles. The molecule has 2 rings (SSSR count). The first-order chi connectivity index (χ1) is 9.89. The zero-order valence-electron chi connectivity index (χ0n) is 11.8. The van der Waals surface area contributed by atoms with Gasteiger partial charge in [0, 0.05) is 13.1 Å². The number of phenolic OH excluding ortho intramolecular Hbond substituents is 1. The second-order valence-corrected chi connectivity index (χ2v) is 5.84. The second kappa shape index (κ2) is 5.93. The molecule has 2 N–H and O–H groups in total. The number of aliphatic carboxylic acids is 1. The highest BCUT2D eigenvalue weighted by Gasteiger charge is 2.42. The largest absolute Gasteiger partial charge is 0.508 e. The zero-order valence-corrected chi connectivity index (χ0v) is 12.6. The maximum absolute atomic E-state index is 12.5. The molecule has 1 unspecified atom stereocenters. The molecule has 1 aromatic rings. The topological polar surface area (TPSA) is 77.8 Å². The molecule has 1 fully saturated rings. The van der Waals surface area contributed by atoms with Gasteiger partial charge in [-0.05, 0) is 37.5 Å². The summed E-state index contributed by atoms with van der Waals surface area (Å²) in [6.45, 7) is 2.49. The number of hydrogen-bond donors (Lipinski definition) is 2. The summed E-state index contributed by atoms with van der Waals surface area (Å²) in [7, 11) is 0. The number of carboxylic acid groups (broad SMARTS) is 1. The van der Waals surface area contributed by atoms with Crippen molar-refractivity contribution in [2.75, 3.05) is 13.1 Å². The molecule has 1 amide bonds. The summed E-state index contributed by atoms with van der Waals surface area (Å²) in [5, 5.41) is 19.2. The number of nitrogens with zero attached hydrogens (tertiary/aromatic N) is 1. The van der Waals surface area contributed by atoms with Gasteiger partial charge in [-0.2, -0.15) is 0 Å². The molecule has 1 aliphatic rings. The van der Waals surface area contributed by atoms with E-state index in [2.05, 4.69) is 0 Å². The number of phenols is 1. The zero-order chi connectivity index (χ0) is 15.6. The number of halogens is 1. The molecular weight excluding hydrogens is 294 g/mol. The van der Waals surface area contributed by atoms with Crippen LogP contribution in [0.5, 0.6) is 5.75 Å². The van der Waals surface area contributed by atoms with Gasteiger partial charge in [0.1, 0.15) is 5.75 Å². The Bertz CT molecular complexity index is 575. The van der Waals surface area contributed by atoms with E-state index in [-0.39, 0.29) is 28.8 Å². The summed E-state index contributed by atoms with van der Waals surface area (Å²) in [6.07, 6.45) is 1.68. The molecule has 1 aromatic carbocycles. The van der Waals surface area contributed by atoms with Crippen molar-refractivity contribution < 1.29 is 19.8 Å². The molecule has 0 bridgehead atoms. The fourth-order valence-corrected chi connectivity index (χ4v) is 2.97. The van der Waals surface area contributed by atoms with Crippen LogP contribution in [-0.2, 0) is 4.79 Å². The molecule has 0 aromatic heterocycles. The third-order valence-corrected chi connectivity index (χ3v) is 4.50. The third-order valence-electron chi connectivity index (χ3n) is 4.17. The van der Waals surface area contributed by atoms with Crippen LogP contribution in [0.2, 0.25) is 5.02 Å². The number of likely N-dealkylation sites (tertiary alicyclic amines) is 1. The first-order valence-corrected chi connectivity index (χ1v) is 7.28. The molecule has 1 atom stereocenters. The molecule has 0 saturated carbocycles. The predicted molar refractivity (Wildman–Crippen MR) is 78.6 cm³/mol. The average Bonchev–Trinajstić information content (AvgIpc) is 2.48. The molecule has 0 spiro atoms. The van der Waals surface area contributed by atoms with Gasteiger partial charge in [-0.15, -0.1) is 0 Å². The van der Waals surface area contributed by atoms with Crippen LogP contribution in [0.3, 0.4) is 0 Å². The molecule has 0 radical (unpaired) electrons. The Labute approximate surface area is 128 Å². The van der Waals surface area contributed by atoms with Crippen molar-refractivity contribution in [3.8, 4) is 5.75 Å². The van der Waals surface area contributed by atoms with Crippen molar-refractivity contribution in [2.24, 2.45) is 5.41 Å². The first-order valence-electron chi connectivity index (χ1n) is 6.91. The van der Waals surface area contributed by atoms with Crippen molar-refractivity contribution in [1.29, 1.82) is 0 Å². The third kappa shape index (κ3) is 2.97. The van der Waals surface area contributed by atoms with E-state index in [0.717, 1.165) is 0 Å². The molecule has 21 heavy (non-hydrogen) atoms. The van der Waals surface area contributed by atoms with Gasteiger partial charge in [0.15, 0.2) is 0 Å². The molecule has 1 aliphatic heterocycles. The number of hydrogen-bond acceptors (Lipinski definition) is 3. The average molecular weight is 312 g/mol. The Morgan fingerprint density at radius 3 is 2.76 bits per heavy atom. The van der Waals surface area contributed by atoms with Gasteiger partial charge in [-0.1, -0.05) is 18.5 Å². The number of carbonyl (C=O) groups excluding carboxylic acids is 1. The molecule has 1 saturated heterocycles. The molecule has 5 nitrogen and oxygen atoms in total. The number of piperidine rings is 1. The number of aromatic hydroxyl groups is 1. The maximum Gasteiger partial charge on any atom is 0.311 e. The lowest BCUT2D eigenvalue weighted by atomic mass is 9.77. The summed E-state index contributed by atoms with van der Waals surface area (Å²) in [5.74, 6) is -1.25. The number of amides is 1. The van der Waals surface area contributed by atoms with Crippen molar-refractivity contribution in [3.63, 3.8) is 0 Å². The Hall–Kier alpha value is -1.75. The highest BCUT2D eigenvalue weighted by Crippen LogP contribution is 2.35. The summed E-state index contributed by atoms with van der Waals surface area (Å²) in [4.78, 5) is 25.6. The number of benzene rings is 1. The monoisotopic (exact) mass is 311 g/mol. The van der Waals surface area contributed by atoms with Gasteiger partial charge in [-0.3, -0.25) is 9.59 Å². The van der Waals surface area contributed by atoms with Crippen LogP contribution in [0.15, 0.2) is 18.2 Å². The number of carboxylic acids is 1. The summed E-state index contributed by atoms with van der Waals surface area (Å²) in [6, 6.07) is 4.18. The van der Waals surface area contributed by atoms with Gasteiger partial charge in [0.2, 0.25) is 0 Å². The van der Waals surface area contributed by atoms with E-state index in [0.29, 0.717) is 25.8 Å². The first kappa shape index (κ1) is 15.6. The van der Waals surface area contributed by atoms with Crippen LogP contribution in [0.4, 0.5) is 0 Å². The Morgan fingerprint density at radius 1 is 1.43 bits per heavy atom. The Balaban J connectivity index is 2.27. The van der Waals surface area contributed by atoms with E-state index >= 15 is 0 Å². The quantitative estimate of drug-likeness (QED) is 0.899. The van der Waals surface area contributed by atoms with Crippen LogP contribution >= 0.6 is 11.6 Å². The van der Waals surface area contributed by atoms with E-state index in [1.54, 1.807) is 0 Å². The predicted octanol–water partition coefficient (Wildman–Crippen LogP) is 2.76. The van der Waals surface area contributed by atoms with Crippen LogP contribution < -0.4 is 0 Å². The SMILES string of the molecule is CCC1(C(=O)O)CCCN(C(=O)c2cc(O)ccc2Cl)C1. The highest BCUT2D eigenvalue weighted by molar-refractivity contribution is 6.33. The number of rotatable bonds is 3. The lowest BCUT2D eigenvalue weighted by molar-refractivity contribution is -0.152. The van der Waals surface area contributed by atoms with Crippen molar-refractivity contribution >= 4 is 23.5 Å². The van der Waals surface area contributed by atoms with Crippen molar-refractivity contribution in [1.82, 2.24) is 4.90 Å². The van der Waals surface area contributed by atoms with E-state index in [1.165, 1.54) is 23.1 Å². The fraction of sp³-hybridized carbons (Fsp3) is 0.467. The molecule has 0 aliphatic carbocycles. The van der Waals surface area contributed by atoms with Gasteiger partial charge in [-0.25, -0.2) is 0 Å².